The van der Waals surface area contributed by atoms with E-state index in [-0.39, 0.29) is 24.4 Å². The van der Waals surface area contributed by atoms with Crippen LogP contribution in [0.1, 0.15) is 159 Å². The molecule has 0 N–H and O–H groups in total. The second kappa shape index (κ2) is 56.4. The van der Waals surface area contributed by atoms with Crippen molar-refractivity contribution < 1.29 is 37.9 Å². The second-order valence-electron chi connectivity index (χ2n) is 27.3. The van der Waals surface area contributed by atoms with Crippen LogP contribution in [0.2, 0.25) is 0 Å². The molecule has 564 valence electrons. The monoisotopic (exact) mass is 1430 g/mol. The molecule has 0 saturated heterocycles. The van der Waals surface area contributed by atoms with E-state index in [1.54, 1.807) is 7.11 Å². The fourth-order valence-corrected chi connectivity index (χ4v) is 12.2. The average Bonchev–Trinajstić information content (AvgIpc) is 0.803. The van der Waals surface area contributed by atoms with Gasteiger partial charge in [-0.25, -0.2) is 26.3 Å². The molecule has 12 heteroatoms. The Morgan fingerprint density at radius 3 is 1.15 bits per heavy atom. The second-order valence-corrected chi connectivity index (χ2v) is 27.3. The Morgan fingerprint density at radius 2 is 0.717 bits per heavy atom. The van der Waals surface area contributed by atoms with E-state index in [0.717, 1.165) is 84.3 Å². The zero-order valence-electron chi connectivity index (χ0n) is 64.6. The highest BCUT2D eigenvalue weighted by atomic mass is 16.5. The van der Waals surface area contributed by atoms with Crippen molar-refractivity contribution in [1.82, 2.24) is 0 Å². The summed E-state index contributed by atoms with van der Waals surface area (Å²) >= 11 is 0. The van der Waals surface area contributed by atoms with Crippen molar-refractivity contribution in [2.45, 2.75) is 193 Å². The van der Waals surface area contributed by atoms with Gasteiger partial charge in [-0.15, -0.1) is 0 Å². The van der Waals surface area contributed by atoms with Crippen LogP contribution in [0.15, 0.2) is 224 Å². The third-order valence-electron chi connectivity index (χ3n) is 18.5. The molecular weight excluding hydrogens is 1310 g/mol. The fraction of sp³-hybridized carbons (Fsp3) is 0.447. The number of aryl methyl sites for hydroxylation is 2. The standard InChI is InChI=1S/C24H23NO2.C18H25NO2.C17H20O.C12H21NO.C12H15NO.C11H16O/c1-19(18-25-2)26-16-17-27-24-22(20-10-5-3-6-11-20)14-9-15-23(24)21-12-7-4-8-13-21;1-15(14-19-2)20-12-13-21-18-10-8-17(9-11-18)16-6-4-3-5-7-16;1-15(12-13-16-8-4-2-5-9-16)18-14-17-10-6-3-7-11-17;2*1-11(10-13-2)14-9-8-12-6-4-3-5-7-12;1-10(12-2)8-9-11-6-4-3-5-7-11/h3-15,19H,16-18H2,1H3;8-11,15-16H,3-7,12-14H2,1H3;2-11,15H,12-14H2,1H3;11-12H,3-10H2,1H3;3-7,11H,8-10H2,1H3;3-7,10H,8-9H2,1-2H3. The molecule has 10 rings (SSSR count). The Hall–Kier alpha value is -8.92. The summed E-state index contributed by atoms with van der Waals surface area (Å²) in [7, 11) is 1.76. The maximum absolute atomic E-state index is 6.91. The Labute approximate surface area is 638 Å². The summed E-state index contributed by atoms with van der Waals surface area (Å²) in [5.74, 6) is 3.39. The normalized spacial score (nSPS) is 14.1. The molecule has 0 heterocycles. The minimum atomic E-state index is -0.0796. The molecule has 6 unspecified atom stereocenters. The van der Waals surface area contributed by atoms with E-state index >= 15 is 0 Å². The molecule has 0 aromatic heterocycles. The van der Waals surface area contributed by atoms with Crippen LogP contribution in [-0.4, -0.2) is 110 Å². The van der Waals surface area contributed by atoms with Gasteiger partial charge >= 0.3 is 0 Å². The fourth-order valence-electron chi connectivity index (χ4n) is 12.2. The third kappa shape index (κ3) is 39.4. The quantitative estimate of drug-likeness (QED) is 0.0287. The molecule has 12 nitrogen and oxygen atoms in total. The molecule has 2 aliphatic carbocycles. The van der Waals surface area contributed by atoms with Gasteiger partial charge in [0.25, 0.3) is 0 Å². The number of nitrogens with zero attached hydrogens (tertiary/aromatic N) is 4. The molecule has 8 aromatic rings. The molecule has 8 aromatic carbocycles. The van der Waals surface area contributed by atoms with Crippen molar-refractivity contribution in [3.8, 4) is 33.8 Å². The Morgan fingerprint density at radius 1 is 0.340 bits per heavy atom. The summed E-state index contributed by atoms with van der Waals surface area (Å²) in [6, 6.07) is 76.9. The maximum Gasteiger partial charge on any atom is 0.240 e. The number of para-hydroxylation sites is 1. The van der Waals surface area contributed by atoms with Gasteiger partial charge in [-0.05, 0) is 156 Å². The highest BCUT2D eigenvalue weighted by molar-refractivity contribution is 5.82. The number of hydrogen-bond donors (Lipinski definition) is 0. The lowest BCUT2D eigenvalue weighted by molar-refractivity contribution is 0.0478. The van der Waals surface area contributed by atoms with Crippen molar-refractivity contribution in [1.29, 1.82) is 0 Å². The molecule has 0 spiro atoms. The highest BCUT2D eigenvalue weighted by Gasteiger charge is 2.18. The molecule has 106 heavy (non-hydrogen) atoms. The van der Waals surface area contributed by atoms with Crippen molar-refractivity contribution in [2.75, 3.05) is 72.9 Å². The minimum Gasteiger partial charge on any atom is -0.491 e. The SMILES string of the molecule is CC(CCc1ccccc1)OCc1ccccc1.COC(C)CCc1ccccc1.[C-]#[N+]CC(C)OCCC1CCCCC1.[C-]#[N+]CC(C)OCCOc1c(-c2ccccc2)cccc1-c1ccccc1.[C-]#[N+]CC(C)OCCOc1ccc(C2CCCCC2)cc1.[C-]#[N+]CC(C)OCCc1ccccc1. The molecule has 0 radical (unpaired) electrons. The Kier molecular flexibility index (Phi) is 46.7. The van der Waals surface area contributed by atoms with E-state index in [4.69, 9.17) is 64.2 Å². The van der Waals surface area contributed by atoms with Crippen molar-refractivity contribution in [3.63, 3.8) is 0 Å². The van der Waals surface area contributed by atoms with Crippen LogP contribution in [0.25, 0.3) is 41.6 Å². The van der Waals surface area contributed by atoms with Gasteiger partial charge in [0.15, 0.2) is 0 Å². The first kappa shape index (κ1) is 87.7. The van der Waals surface area contributed by atoms with E-state index in [1.165, 1.54) is 98.4 Å². The first-order chi connectivity index (χ1) is 51.9. The minimum absolute atomic E-state index is 0.0141. The molecular formula is C94H120N4O8. The van der Waals surface area contributed by atoms with E-state index in [0.29, 0.717) is 78.0 Å². The van der Waals surface area contributed by atoms with Crippen LogP contribution in [-0.2, 0) is 54.3 Å². The average molecular weight is 1430 g/mol. The van der Waals surface area contributed by atoms with Gasteiger partial charge in [-0.3, -0.25) is 0 Å². The molecule has 0 aliphatic heterocycles. The van der Waals surface area contributed by atoms with Crippen molar-refractivity contribution in [2.24, 2.45) is 5.92 Å². The number of rotatable bonds is 35. The summed E-state index contributed by atoms with van der Waals surface area (Å²) in [6.07, 6.45) is 21.0. The first-order valence-corrected chi connectivity index (χ1v) is 38.6. The topological polar surface area (TPSA) is 91.3 Å². The van der Waals surface area contributed by atoms with Crippen molar-refractivity contribution in [3.05, 3.63) is 298 Å². The van der Waals surface area contributed by atoms with Crippen LogP contribution >= 0.6 is 0 Å². The Bertz CT molecular complexity index is 3520. The van der Waals surface area contributed by atoms with Gasteiger partial charge in [0.1, 0.15) is 49.1 Å². The zero-order valence-corrected chi connectivity index (χ0v) is 64.6. The van der Waals surface area contributed by atoms with Crippen molar-refractivity contribution >= 4 is 0 Å². The van der Waals surface area contributed by atoms with Crippen LogP contribution in [0.4, 0.5) is 0 Å². The smallest absolute Gasteiger partial charge is 0.240 e. The number of methoxy groups -OCH3 is 1. The van der Waals surface area contributed by atoms with Gasteiger partial charge in [-0.2, -0.15) is 0 Å². The van der Waals surface area contributed by atoms with Gasteiger partial charge < -0.3 is 57.3 Å². The highest BCUT2D eigenvalue weighted by Crippen LogP contribution is 2.39. The first-order valence-electron chi connectivity index (χ1n) is 38.6. The number of hydrogen-bond acceptors (Lipinski definition) is 8. The van der Waals surface area contributed by atoms with E-state index in [1.807, 2.05) is 107 Å². The van der Waals surface area contributed by atoms with Crippen LogP contribution in [0.3, 0.4) is 0 Å². The van der Waals surface area contributed by atoms with Gasteiger partial charge in [0, 0.05) is 24.8 Å². The summed E-state index contributed by atoms with van der Waals surface area (Å²) < 4.78 is 45.1. The number of ether oxygens (including phenoxy) is 8. The van der Waals surface area contributed by atoms with E-state index < -0.39 is 0 Å². The largest absolute Gasteiger partial charge is 0.491 e. The van der Waals surface area contributed by atoms with Gasteiger partial charge in [0.2, 0.25) is 26.2 Å². The van der Waals surface area contributed by atoms with Gasteiger partial charge in [-0.1, -0.05) is 264 Å². The van der Waals surface area contributed by atoms with Crippen LogP contribution in [0.5, 0.6) is 11.5 Å². The summed E-state index contributed by atoms with van der Waals surface area (Å²) in [5, 5.41) is 0. The molecule has 0 amide bonds. The summed E-state index contributed by atoms with van der Waals surface area (Å²) in [5.41, 5.74) is 11.1. The van der Waals surface area contributed by atoms with Gasteiger partial charge in [0.05, 0.1) is 38.6 Å². The zero-order chi connectivity index (χ0) is 75.7. The predicted octanol–water partition coefficient (Wildman–Crippen LogP) is 22.9. The molecule has 2 aliphatic rings. The Balaban J connectivity index is 0.000000234. The molecule has 0 bridgehead atoms. The lowest BCUT2D eigenvalue weighted by Crippen LogP contribution is -2.16. The summed E-state index contributed by atoms with van der Waals surface area (Å²) in [6.45, 7) is 45.0. The molecule has 6 atom stereocenters. The maximum atomic E-state index is 6.91. The van der Waals surface area contributed by atoms with E-state index in [9.17, 15) is 0 Å². The molecule has 2 saturated carbocycles. The van der Waals surface area contributed by atoms with Crippen LogP contribution in [0, 0.1) is 32.2 Å². The number of benzene rings is 8. The molecule has 2 fully saturated rings. The predicted molar refractivity (Wildman–Crippen MR) is 436 cm³/mol. The third-order valence-corrected chi connectivity index (χ3v) is 18.5. The summed E-state index contributed by atoms with van der Waals surface area (Å²) in [4.78, 5) is 13.3. The van der Waals surface area contributed by atoms with E-state index in [2.05, 4.69) is 179 Å². The lowest BCUT2D eigenvalue weighted by atomic mass is 9.84. The van der Waals surface area contributed by atoms with Crippen LogP contribution < -0.4 is 9.47 Å². The lowest BCUT2D eigenvalue weighted by Gasteiger charge is -2.22.